The van der Waals surface area contributed by atoms with Crippen molar-refractivity contribution < 1.29 is 14.6 Å². The van der Waals surface area contributed by atoms with Crippen LogP contribution >= 0.6 is 11.8 Å². The van der Waals surface area contributed by atoms with Crippen molar-refractivity contribution in [3.63, 3.8) is 0 Å². The molecule has 0 radical (unpaired) electrons. The van der Waals surface area contributed by atoms with Crippen LogP contribution < -0.4 is 0 Å². The summed E-state index contributed by atoms with van der Waals surface area (Å²) in [5.41, 5.74) is -0.942. The van der Waals surface area contributed by atoms with Crippen LogP contribution in [-0.2, 0) is 9.53 Å². The van der Waals surface area contributed by atoms with E-state index in [0.29, 0.717) is 12.2 Å². The highest BCUT2D eigenvalue weighted by atomic mass is 32.2. The summed E-state index contributed by atoms with van der Waals surface area (Å²) in [6.07, 6.45) is 3.85. The Morgan fingerprint density at radius 3 is 2.39 bits per heavy atom. The molecule has 0 saturated carbocycles. The van der Waals surface area contributed by atoms with Crippen LogP contribution in [0.15, 0.2) is 25.3 Å². The molecule has 18 heavy (non-hydrogen) atoms. The van der Waals surface area contributed by atoms with Crippen LogP contribution in [0.1, 0.15) is 27.2 Å². The Morgan fingerprint density at radius 1 is 1.44 bits per heavy atom. The third kappa shape index (κ3) is 2.98. The fraction of sp³-hybridized carbons (Fsp3) is 0.643. The van der Waals surface area contributed by atoms with Gasteiger partial charge < -0.3 is 9.84 Å². The Balaban J connectivity index is 2.93. The Morgan fingerprint density at radius 2 is 2.06 bits per heavy atom. The maximum Gasteiger partial charge on any atom is 0.326 e. The zero-order chi connectivity index (χ0) is 14.0. The number of aliphatic hydroxyl groups is 1. The lowest BCUT2D eigenvalue weighted by Gasteiger charge is -2.29. The Kier molecular flexibility index (Phi) is 4.34. The number of carbonyl (C=O) groups is 1. The zero-order valence-corrected chi connectivity index (χ0v) is 12.2. The Hall–Kier alpha value is -0.740. The summed E-state index contributed by atoms with van der Waals surface area (Å²) in [4.78, 5) is 12.3. The lowest BCUT2D eigenvalue weighted by molar-refractivity contribution is -0.156. The minimum absolute atomic E-state index is 0.0120. The van der Waals surface area contributed by atoms with E-state index in [9.17, 15) is 9.90 Å². The van der Waals surface area contributed by atoms with Crippen LogP contribution in [0.5, 0.6) is 0 Å². The predicted octanol–water partition coefficient (Wildman–Crippen LogP) is 2.55. The second-order valence-corrected chi connectivity index (χ2v) is 7.09. The summed E-state index contributed by atoms with van der Waals surface area (Å²) in [6.45, 7) is 13.0. The standard InChI is InChI=1S/C14H22O3S/c1-6-13(9-15)8-14(7-2,18-10-13)11(16)17-12(3,4)5/h6-7,15H,1-2,8-10H2,3-5H3/t13-,14-/m0/s1. The largest absolute Gasteiger partial charge is 0.459 e. The van der Waals surface area contributed by atoms with E-state index in [1.165, 1.54) is 11.8 Å². The van der Waals surface area contributed by atoms with Gasteiger partial charge in [-0.25, -0.2) is 0 Å². The van der Waals surface area contributed by atoms with Gasteiger partial charge in [0.25, 0.3) is 0 Å². The normalized spacial score (nSPS) is 32.0. The number of thioether (sulfide) groups is 1. The van der Waals surface area contributed by atoms with Crippen molar-refractivity contribution in [3.8, 4) is 0 Å². The smallest absolute Gasteiger partial charge is 0.326 e. The van der Waals surface area contributed by atoms with Gasteiger partial charge in [-0.2, -0.15) is 0 Å². The highest BCUT2D eigenvalue weighted by Gasteiger charge is 2.51. The zero-order valence-electron chi connectivity index (χ0n) is 11.4. The van der Waals surface area contributed by atoms with Gasteiger partial charge in [-0.1, -0.05) is 12.2 Å². The maximum atomic E-state index is 12.3. The van der Waals surface area contributed by atoms with E-state index in [0.717, 1.165) is 0 Å². The third-order valence-corrected chi connectivity index (χ3v) is 4.77. The molecule has 1 heterocycles. The van der Waals surface area contributed by atoms with E-state index in [1.807, 2.05) is 20.8 Å². The van der Waals surface area contributed by atoms with E-state index < -0.39 is 15.8 Å². The van der Waals surface area contributed by atoms with E-state index in [4.69, 9.17) is 4.74 Å². The molecule has 4 heteroatoms. The first kappa shape index (κ1) is 15.3. The first-order chi connectivity index (χ1) is 8.22. The molecule has 1 N–H and O–H groups in total. The molecule has 0 amide bonds. The molecule has 1 rings (SSSR count). The fourth-order valence-electron chi connectivity index (χ4n) is 1.90. The molecule has 1 aliphatic rings. The second-order valence-electron chi connectivity index (χ2n) is 5.79. The number of esters is 1. The minimum atomic E-state index is -0.774. The van der Waals surface area contributed by atoms with Crippen molar-refractivity contribution in [2.45, 2.75) is 37.5 Å². The summed E-state index contributed by atoms with van der Waals surface area (Å²) < 4.78 is 4.68. The quantitative estimate of drug-likeness (QED) is 0.630. The van der Waals surface area contributed by atoms with Crippen molar-refractivity contribution in [1.29, 1.82) is 0 Å². The average Bonchev–Trinajstić information content (AvgIpc) is 2.68. The molecule has 102 valence electrons. The molecular formula is C14H22O3S. The number of carbonyl (C=O) groups excluding carboxylic acids is 1. The van der Waals surface area contributed by atoms with Crippen LogP contribution in [-0.4, -0.2) is 33.8 Å². The number of ether oxygens (including phenoxy) is 1. The van der Waals surface area contributed by atoms with Gasteiger partial charge in [0.1, 0.15) is 10.3 Å². The lowest BCUT2D eigenvalue weighted by atomic mass is 9.81. The van der Waals surface area contributed by atoms with E-state index >= 15 is 0 Å². The predicted molar refractivity (Wildman–Crippen MR) is 75.6 cm³/mol. The number of hydrogen-bond acceptors (Lipinski definition) is 4. The molecule has 0 aromatic carbocycles. The van der Waals surface area contributed by atoms with E-state index in [2.05, 4.69) is 13.2 Å². The molecule has 0 aromatic rings. The SMILES string of the molecule is C=C[C@]1(CO)CS[C@](C=C)(C(=O)OC(C)(C)C)C1. The van der Waals surface area contributed by atoms with Gasteiger partial charge >= 0.3 is 5.97 Å². The summed E-state index contributed by atoms with van der Waals surface area (Å²) >= 11 is 1.47. The fourth-order valence-corrected chi connectivity index (χ4v) is 3.43. The summed E-state index contributed by atoms with van der Waals surface area (Å²) in [5.74, 6) is 0.366. The summed E-state index contributed by atoms with van der Waals surface area (Å²) in [6, 6.07) is 0. The molecule has 1 saturated heterocycles. The summed E-state index contributed by atoms with van der Waals surface area (Å²) in [7, 11) is 0. The van der Waals surface area contributed by atoms with Gasteiger partial charge in [-0.15, -0.1) is 24.9 Å². The molecule has 0 aliphatic carbocycles. The van der Waals surface area contributed by atoms with Gasteiger partial charge in [0.2, 0.25) is 0 Å². The molecule has 1 fully saturated rings. The third-order valence-electron chi connectivity index (χ3n) is 3.05. The second kappa shape index (κ2) is 5.10. The van der Waals surface area contributed by atoms with Crippen LogP contribution in [0.4, 0.5) is 0 Å². The lowest BCUT2D eigenvalue weighted by Crippen LogP contribution is -2.39. The average molecular weight is 270 g/mol. The van der Waals surface area contributed by atoms with Gasteiger partial charge in [0.05, 0.1) is 6.61 Å². The molecule has 0 spiro atoms. The molecule has 1 aliphatic heterocycles. The van der Waals surface area contributed by atoms with Gasteiger partial charge in [-0.3, -0.25) is 4.79 Å². The maximum absolute atomic E-state index is 12.3. The van der Waals surface area contributed by atoms with Crippen molar-refractivity contribution >= 4 is 17.7 Å². The summed E-state index contributed by atoms with van der Waals surface area (Å²) in [5, 5.41) is 9.49. The number of aliphatic hydroxyl groups excluding tert-OH is 1. The van der Waals surface area contributed by atoms with Crippen LogP contribution in [0.3, 0.4) is 0 Å². The Labute approximate surface area is 113 Å². The van der Waals surface area contributed by atoms with Crippen molar-refractivity contribution in [2.24, 2.45) is 5.41 Å². The highest BCUT2D eigenvalue weighted by molar-refractivity contribution is 8.01. The molecule has 0 unspecified atom stereocenters. The topological polar surface area (TPSA) is 46.5 Å². The molecular weight excluding hydrogens is 248 g/mol. The van der Waals surface area contributed by atoms with Crippen LogP contribution in [0.2, 0.25) is 0 Å². The molecule has 2 atom stereocenters. The molecule has 0 bridgehead atoms. The minimum Gasteiger partial charge on any atom is -0.459 e. The first-order valence-electron chi connectivity index (χ1n) is 5.98. The van der Waals surface area contributed by atoms with Crippen LogP contribution in [0.25, 0.3) is 0 Å². The number of hydrogen-bond donors (Lipinski definition) is 1. The van der Waals surface area contributed by atoms with E-state index in [1.54, 1.807) is 12.2 Å². The van der Waals surface area contributed by atoms with Gasteiger partial charge in [-0.05, 0) is 27.2 Å². The Bertz CT molecular complexity index is 359. The van der Waals surface area contributed by atoms with Crippen LogP contribution in [0, 0.1) is 5.41 Å². The van der Waals surface area contributed by atoms with E-state index in [-0.39, 0.29) is 12.6 Å². The van der Waals surface area contributed by atoms with Crippen molar-refractivity contribution in [2.75, 3.05) is 12.4 Å². The highest BCUT2D eigenvalue weighted by Crippen LogP contribution is 2.50. The van der Waals surface area contributed by atoms with Gasteiger partial charge in [0, 0.05) is 11.2 Å². The van der Waals surface area contributed by atoms with Crippen molar-refractivity contribution in [1.82, 2.24) is 0 Å². The van der Waals surface area contributed by atoms with Gasteiger partial charge in [0.15, 0.2) is 0 Å². The number of rotatable bonds is 4. The first-order valence-corrected chi connectivity index (χ1v) is 6.97. The molecule has 0 aromatic heterocycles. The monoisotopic (exact) mass is 270 g/mol. The van der Waals surface area contributed by atoms with Crippen molar-refractivity contribution in [3.05, 3.63) is 25.3 Å². The molecule has 3 nitrogen and oxygen atoms in total.